The fourth-order valence-corrected chi connectivity index (χ4v) is 5.92. The third-order valence-electron chi connectivity index (χ3n) is 7.87. The number of epoxide rings is 2. The van der Waals surface area contributed by atoms with Gasteiger partial charge in [-0.05, 0) is 71.6 Å². The first-order chi connectivity index (χ1) is 14.3. The summed E-state index contributed by atoms with van der Waals surface area (Å²) in [6.45, 7) is 7.14. The number of carbonyl (C=O) groups excluding carboxylic acids is 1. The molecule has 6 atom stereocenters. The van der Waals surface area contributed by atoms with E-state index < -0.39 is 0 Å². The highest BCUT2D eigenvalue weighted by Crippen LogP contribution is 2.59. The van der Waals surface area contributed by atoms with Crippen LogP contribution in [0.1, 0.15) is 72.1 Å². The van der Waals surface area contributed by atoms with E-state index in [-0.39, 0.29) is 41.4 Å². The molecule has 2 saturated carbocycles. The van der Waals surface area contributed by atoms with Gasteiger partial charge in [0.15, 0.2) is 0 Å². The first-order valence-corrected chi connectivity index (χ1v) is 11.7. The Bertz CT molecular complexity index is 663. The van der Waals surface area contributed by atoms with Crippen LogP contribution in [0.5, 0.6) is 0 Å². The Labute approximate surface area is 180 Å². The van der Waals surface area contributed by atoms with Crippen LogP contribution in [-0.4, -0.2) is 55.2 Å². The summed E-state index contributed by atoms with van der Waals surface area (Å²) in [5.74, 6) is 0.371. The molecule has 4 fully saturated rings. The number of hydrogen-bond donors (Lipinski definition) is 1. The van der Waals surface area contributed by atoms with Crippen molar-refractivity contribution >= 4 is 5.97 Å². The molecule has 0 aromatic carbocycles. The summed E-state index contributed by atoms with van der Waals surface area (Å²) in [6.07, 6.45) is 9.07. The fourth-order valence-electron chi connectivity index (χ4n) is 5.92. The quantitative estimate of drug-likeness (QED) is 0.385. The normalized spacial score (nSPS) is 45.1. The van der Waals surface area contributed by atoms with Crippen LogP contribution in [0, 0.1) is 11.8 Å². The molecule has 0 radical (unpaired) electrons. The molecule has 30 heavy (non-hydrogen) atoms. The van der Waals surface area contributed by atoms with E-state index in [1.54, 1.807) is 7.11 Å². The number of rotatable bonds is 7. The van der Waals surface area contributed by atoms with Crippen molar-refractivity contribution in [1.29, 1.82) is 0 Å². The lowest BCUT2D eigenvalue weighted by atomic mass is 9.68. The molecule has 2 heterocycles. The summed E-state index contributed by atoms with van der Waals surface area (Å²) in [7, 11) is 1.72. The Balaban J connectivity index is 1.40. The molecule has 1 spiro atoms. The molecule has 0 aromatic rings. The van der Waals surface area contributed by atoms with Gasteiger partial charge in [0.1, 0.15) is 23.4 Å². The Kier molecular flexibility index (Phi) is 6.33. The van der Waals surface area contributed by atoms with Gasteiger partial charge in [-0.25, -0.2) is 0 Å². The van der Waals surface area contributed by atoms with Crippen molar-refractivity contribution in [1.82, 2.24) is 0 Å². The number of carbonyl (C=O) groups is 1. The topological polar surface area (TPSA) is 86.6 Å². The highest BCUT2D eigenvalue weighted by atomic mass is 16.6. The van der Waals surface area contributed by atoms with Crippen LogP contribution < -0.4 is 5.73 Å². The molecule has 6 nitrogen and oxygen atoms in total. The lowest BCUT2D eigenvalue weighted by Crippen LogP contribution is -2.55. The van der Waals surface area contributed by atoms with Crippen molar-refractivity contribution in [3.8, 4) is 0 Å². The Morgan fingerprint density at radius 3 is 2.50 bits per heavy atom. The molecular weight excluding hydrogens is 382 g/mol. The van der Waals surface area contributed by atoms with Crippen molar-refractivity contribution in [3.05, 3.63) is 11.6 Å². The average Bonchev–Trinajstić information content (AvgIpc) is 3.61. The van der Waals surface area contributed by atoms with E-state index >= 15 is 0 Å². The summed E-state index contributed by atoms with van der Waals surface area (Å²) < 4.78 is 24.2. The molecule has 2 aliphatic heterocycles. The van der Waals surface area contributed by atoms with E-state index in [1.807, 2.05) is 0 Å². The van der Waals surface area contributed by atoms with Crippen molar-refractivity contribution in [3.63, 3.8) is 0 Å². The van der Waals surface area contributed by atoms with Crippen molar-refractivity contribution in [2.75, 3.05) is 13.7 Å². The molecule has 0 aromatic heterocycles. The molecule has 3 unspecified atom stereocenters. The van der Waals surface area contributed by atoms with Crippen LogP contribution in [0.15, 0.2) is 11.6 Å². The lowest BCUT2D eigenvalue weighted by molar-refractivity contribution is -0.173. The van der Waals surface area contributed by atoms with Gasteiger partial charge in [0.05, 0.1) is 18.6 Å². The zero-order valence-electron chi connectivity index (χ0n) is 19.0. The van der Waals surface area contributed by atoms with E-state index in [2.05, 4.69) is 26.8 Å². The molecule has 0 amide bonds. The molecule has 2 aliphatic carbocycles. The van der Waals surface area contributed by atoms with Gasteiger partial charge in [-0.15, -0.1) is 0 Å². The van der Waals surface area contributed by atoms with E-state index in [4.69, 9.17) is 24.7 Å². The van der Waals surface area contributed by atoms with E-state index in [0.29, 0.717) is 18.4 Å². The molecule has 4 rings (SSSR count). The number of nitrogens with two attached hydrogens (primary N) is 1. The SMILES string of the molecule is COC1C(OC(=O)CC2CCC(N)CC2)CC[C@]2(CO2)C1[C@@]1(C)O[C@@H]1CC=C(C)C. The predicted octanol–water partition coefficient (Wildman–Crippen LogP) is 3.51. The Morgan fingerprint density at radius 2 is 1.90 bits per heavy atom. The minimum absolute atomic E-state index is 0.0739. The fraction of sp³-hybridized carbons (Fsp3) is 0.875. The zero-order valence-corrected chi connectivity index (χ0v) is 19.0. The van der Waals surface area contributed by atoms with E-state index in [9.17, 15) is 4.79 Å². The average molecular weight is 422 g/mol. The Morgan fingerprint density at radius 1 is 1.20 bits per heavy atom. The molecule has 6 heteroatoms. The van der Waals surface area contributed by atoms with Crippen LogP contribution in [-0.2, 0) is 23.7 Å². The summed E-state index contributed by atoms with van der Waals surface area (Å²) >= 11 is 0. The van der Waals surface area contributed by atoms with E-state index in [0.717, 1.165) is 51.6 Å². The molecule has 2 N–H and O–H groups in total. The molecule has 170 valence electrons. The molecular formula is C24H39NO5. The highest BCUT2D eigenvalue weighted by Gasteiger charge is 2.72. The summed E-state index contributed by atoms with van der Waals surface area (Å²) in [5, 5.41) is 0. The summed E-state index contributed by atoms with van der Waals surface area (Å²) in [5.41, 5.74) is 6.81. The largest absolute Gasteiger partial charge is 0.460 e. The highest BCUT2D eigenvalue weighted by molar-refractivity contribution is 5.70. The van der Waals surface area contributed by atoms with Crippen LogP contribution in [0.4, 0.5) is 0 Å². The maximum Gasteiger partial charge on any atom is 0.306 e. The molecule has 4 aliphatic rings. The number of ether oxygens (including phenoxy) is 4. The summed E-state index contributed by atoms with van der Waals surface area (Å²) in [4.78, 5) is 12.7. The first-order valence-electron chi connectivity index (χ1n) is 11.7. The monoisotopic (exact) mass is 421 g/mol. The van der Waals surface area contributed by atoms with Crippen LogP contribution in [0.3, 0.4) is 0 Å². The minimum Gasteiger partial charge on any atom is -0.460 e. The standard InChI is InChI=1S/C24H39NO5/c1-15(2)5-10-19-23(3,30-19)22-21(27-4)18(11-12-24(22)14-28-24)29-20(26)13-16-6-8-17(25)9-7-16/h5,16-19,21-22H,6-14,25H2,1-4H3/t16?,17?,18?,19-,21?,22?,23+,24+/m1/s1. The smallest absolute Gasteiger partial charge is 0.306 e. The number of allylic oxidation sites excluding steroid dienone is 1. The maximum atomic E-state index is 12.7. The van der Waals surface area contributed by atoms with Gasteiger partial charge in [-0.3, -0.25) is 4.79 Å². The van der Waals surface area contributed by atoms with Crippen molar-refractivity contribution in [2.24, 2.45) is 17.6 Å². The third kappa shape index (κ3) is 4.47. The number of hydrogen-bond acceptors (Lipinski definition) is 6. The Hall–Kier alpha value is -0.950. The van der Waals surface area contributed by atoms with E-state index in [1.165, 1.54) is 5.57 Å². The van der Waals surface area contributed by atoms with Crippen LogP contribution >= 0.6 is 0 Å². The van der Waals surface area contributed by atoms with Gasteiger partial charge in [-0.1, -0.05) is 11.6 Å². The zero-order chi connectivity index (χ0) is 21.5. The van der Waals surface area contributed by atoms with Crippen molar-refractivity contribution < 1.29 is 23.7 Å². The van der Waals surface area contributed by atoms with Gasteiger partial charge < -0.3 is 24.7 Å². The lowest BCUT2D eigenvalue weighted by Gasteiger charge is -2.42. The van der Waals surface area contributed by atoms with Gasteiger partial charge in [0, 0.05) is 19.6 Å². The number of methoxy groups -OCH3 is 1. The maximum absolute atomic E-state index is 12.7. The van der Waals surface area contributed by atoms with Crippen LogP contribution in [0.25, 0.3) is 0 Å². The molecule has 0 bridgehead atoms. The minimum atomic E-state index is -0.298. The first kappa shape index (κ1) is 22.3. The second-order valence-electron chi connectivity index (χ2n) is 10.4. The van der Waals surface area contributed by atoms with Gasteiger partial charge >= 0.3 is 5.97 Å². The predicted molar refractivity (Wildman–Crippen MR) is 114 cm³/mol. The van der Waals surface area contributed by atoms with Gasteiger partial charge in [0.2, 0.25) is 0 Å². The van der Waals surface area contributed by atoms with Crippen LogP contribution in [0.2, 0.25) is 0 Å². The summed E-state index contributed by atoms with van der Waals surface area (Å²) in [6, 6.07) is 0.294. The van der Waals surface area contributed by atoms with Crippen molar-refractivity contribution in [2.45, 2.75) is 108 Å². The number of esters is 1. The third-order valence-corrected chi connectivity index (χ3v) is 7.87. The van der Waals surface area contributed by atoms with Gasteiger partial charge in [-0.2, -0.15) is 0 Å². The molecule has 2 saturated heterocycles. The second kappa shape index (κ2) is 8.53. The second-order valence-corrected chi connectivity index (χ2v) is 10.4. The van der Waals surface area contributed by atoms with Gasteiger partial charge in [0.25, 0.3) is 0 Å².